The summed E-state index contributed by atoms with van der Waals surface area (Å²) in [5.74, 6) is 0. The van der Waals surface area contributed by atoms with E-state index in [1.165, 1.54) is 11.1 Å². The van der Waals surface area contributed by atoms with Crippen molar-refractivity contribution >= 4 is 42.9 Å². The highest BCUT2D eigenvalue weighted by Crippen LogP contribution is 2.35. The summed E-state index contributed by atoms with van der Waals surface area (Å²) in [6.07, 6.45) is 0. The monoisotopic (exact) mass is 394 g/mol. The molecule has 102 valence electrons. The van der Waals surface area contributed by atoms with E-state index in [2.05, 4.69) is 60.9 Å². The third-order valence-corrected chi connectivity index (χ3v) is 4.86. The SMILES string of the molecule is Cc1ccc(Br)cc1C(Br)c1ccc2[nH]c(=O)[nH]c2c1. The maximum atomic E-state index is 11.3. The number of rotatable bonds is 2. The van der Waals surface area contributed by atoms with Crippen molar-refractivity contribution < 1.29 is 0 Å². The number of hydrogen-bond acceptors (Lipinski definition) is 1. The molecular formula is C15H12Br2N2O. The molecule has 3 nitrogen and oxygen atoms in total. The Morgan fingerprint density at radius 3 is 2.60 bits per heavy atom. The quantitative estimate of drug-likeness (QED) is 0.620. The lowest BCUT2D eigenvalue weighted by molar-refractivity contribution is 1.14. The summed E-state index contributed by atoms with van der Waals surface area (Å²) in [6, 6.07) is 12.2. The van der Waals surface area contributed by atoms with Crippen LogP contribution in [-0.2, 0) is 0 Å². The number of imidazole rings is 1. The van der Waals surface area contributed by atoms with Gasteiger partial charge < -0.3 is 9.97 Å². The van der Waals surface area contributed by atoms with Gasteiger partial charge in [0, 0.05) is 4.47 Å². The van der Waals surface area contributed by atoms with Gasteiger partial charge in [-0.05, 0) is 47.9 Å². The van der Waals surface area contributed by atoms with E-state index in [1.807, 2.05) is 24.3 Å². The zero-order valence-electron chi connectivity index (χ0n) is 10.7. The number of fused-ring (bicyclic) bond motifs is 1. The lowest BCUT2D eigenvalue weighted by atomic mass is 10.0. The summed E-state index contributed by atoms with van der Waals surface area (Å²) in [4.78, 5) is 16.9. The zero-order valence-corrected chi connectivity index (χ0v) is 13.9. The molecule has 20 heavy (non-hydrogen) atoms. The van der Waals surface area contributed by atoms with Gasteiger partial charge in [0.1, 0.15) is 0 Å². The zero-order chi connectivity index (χ0) is 14.3. The van der Waals surface area contributed by atoms with Crippen molar-refractivity contribution in [3.05, 3.63) is 68.0 Å². The smallest absolute Gasteiger partial charge is 0.306 e. The number of aromatic nitrogens is 2. The van der Waals surface area contributed by atoms with Crippen molar-refractivity contribution in [1.29, 1.82) is 0 Å². The van der Waals surface area contributed by atoms with E-state index in [0.717, 1.165) is 21.1 Å². The number of alkyl halides is 1. The average molecular weight is 396 g/mol. The van der Waals surface area contributed by atoms with Gasteiger partial charge in [-0.2, -0.15) is 0 Å². The minimum absolute atomic E-state index is 0.0859. The molecular weight excluding hydrogens is 384 g/mol. The third-order valence-electron chi connectivity index (χ3n) is 3.35. The summed E-state index contributed by atoms with van der Waals surface area (Å²) in [5, 5.41) is 0. The fourth-order valence-electron chi connectivity index (χ4n) is 2.27. The first-order valence-electron chi connectivity index (χ1n) is 6.16. The lowest BCUT2D eigenvalue weighted by Gasteiger charge is -2.14. The van der Waals surface area contributed by atoms with Gasteiger partial charge in [0.2, 0.25) is 0 Å². The Labute approximate surface area is 132 Å². The Morgan fingerprint density at radius 2 is 1.80 bits per heavy atom. The molecule has 0 saturated carbocycles. The van der Waals surface area contributed by atoms with Gasteiger partial charge in [-0.25, -0.2) is 4.79 Å². The third kappa shape index (κ3) is 2.47. The summed E-state index contributed by atoms with van der Waals surface area (Å²) >= 11 is 7.26. The van der Waals surface area contributed by atoms with Gasteiger partial charge in [0.25, 0.3) is 0 Å². The number of hydrogen-bond donors (Lipinski definition) is 2. The summed E-state index contributed by atoms with van der Waals surface area (Å²) in [5.41, 5.74) is 5.00. The predicted molar refractivity (Wildman–Crippen MR) is 88.6 cm³/mol. The minimum Gasteiger partial charge on any atom is -0.306 e. The molecule has 1 unspecified atom stereocenters. The summed E-state index contributed by atoms with van der Waals surface area (Å²) < 4.78 is 1.05. The van der Waals surface area contributed by atoms with Gasteiger partial charge >= 0.3 is 5.69 Å². The second-order valence-corrected chi connectivity index (χ2v) is 6.58. The largest absolute Gasteiger partial charge is 0.323 e. The highest BCUT2D eigenvalue weighted by atomic mass is 79.9. The minimum atomic E-state index is -0.179. The van der Waals surface area contributed by atoms with Crippen LogP contribution in [0.2, 0.25) is 0 Å². The van der Waals surface area contributed by atoms with E-state index in [0.29, 0.717) is 0 Å². The van der Waals surface area contributed by atoms with Gasteiger partial charge in [0.05, 0.1) is 15.9 Å². The highest BCUT2D eigenvalue weighted by Gasteiger charge is 2.14. The van der Waals surface area contributed by atoms with E-state index in [1.54, 1.807) is 0 Å². The lowest BCUT2D eigenvalue weighted by Crippen LogP contribution is -1.99. The Kier molecular flexibility index (Phi) is 3.56. The van der Waals surface area contributed by atoms with Crippen molar-refractivity contribution in [2.75, 3.05) is 0 Å². The number of nitrogens with one attached hydrogen (secondary N) is 2. The van der Waals surface area contributed by atoms with Gasteiger partial charge in [-0.1, -0.05) is 44.0 Å². The molecule has 0 aliphatic rings. The first-order valence-corrected chi connectivity index (χ1v) is 7.87. The molecule has 1 atom stereocenters. The predicted octanol–water partition coefficient (Wildman–Crippen LogP) is 4.41. The van der Waals surface area contributed by atoms with Crippen molar-refractivity contribution in [1.82, 2.24) is 9.97 Å². The van der Waals surface area contributed by atoms with E-state index >= 15 is 0 Å². The molecule has 0 aliphatic heterocycles. The van der Waals surface area contributed by atoms with E-state index in [9.17, 15) is 4.79 Å². The van der Waals surface area contributed by atoms with E-state index in [4.69, 9.17) is 0 Å². The van der Waals surface area contributed by atoms with Crippen LogP contribution in [0, 0.1) is 6.92 Å². The summed E-state index contributed by atoms with van der Waals surface area (Å²) in [6.45, 7) is 2.09. The number of aromatic amines is 2. The number of H-pyrrole nitrogens is 2. The average Bonchev–Trinajstić information content (AvgIpc) is 2.79. The first kappa shape index (κ1) is 13.6. The fourth-order valence-corrected chi connectivity index (χ4v) is 3.43. The molecule has 0 bridgehead atoms. The molecule has 5 heteroatoms. The number of benzene rings is 2. The van der Waals surface area contributed by atoms with Crippen LogP contribution < -0.4 is 5.69 Å². The Hall–Kier alpha value is -1.33. The molecule has 2 N–H and O–H groups in total. The molecule has 0 radical (unpaired) electrons. The van der Waals surface area contributed by atoms with Crippen LogP contribution in [0.4, 0.5) is 0 Å². The van der Waals surface area contributed by atoms with Crippen molar-refractivity contribution in [2.45, 2.75) is 11.8 Å². The van der Waals surface area contributed by atoms with Crippen molar-refractivity contribution in [2.24, 2.45) is 0 Å². The Morgan fingerprint density at radius 1 is 1.05 bits per heavy atom. The highest BCUT2D eigenvalue weighted by molar-refractivity contribution is 9.10. The number of aryl methyl sites for hydroxylation is 1. The molecule has 1 aromatic heterocycles. The normalized spacial score (nSPS) is 12.8. The topological polar surface area (TPSA) is 48.6 Å². The molecule has 0 amide bonds. The molecule has 0 saturated heterocycles. The molecule has 0 spiro atoms. The second-order valence-electron chi connectivity index (χ2n) is 4.75. The van der Waals surface area contributed by atoms with Crippen LogP contribution in [0.15, 0.2) is 45.7 Å². The molecule has 2 aromatic carbocycles. The van der Waals surface area contributed by atoms with Gasteiger partial charge in [-0.15, -0.1) is 0 Å². The van der Waals surface area contributed by atoms with Crippen molar-refractivity contribution in [3.8, 4) is 0 Å². The van der Waals surface area contributed by atoms with Crippen LogP contribution in [0.1, 0.15) is 21.5 Å². The van der Waals surface area contributed by atoms with Crippen LogP contribution >= 0.6 is 31.9 Å². The van der Waals surface area contributed by atoms with Crippen LogP contribution in [-0.4, -0.2) is 9.97 Å². The maximum absolute atomic E-state index is 11.3. The number of halogens is 2. The maximum Gasteiger partial charge on any atom is 0.323 e. The fraction of sp³-hybridized carbons (Fsp3) is 0.133. The Bertz CT molecular complexity index is 835. The van der Waals surface area contributed by atoms with Crippen LogP contribution in [0.3, 0.4) is 0 Å². The van der Waals surface area contributed by atoms with Crippen molar-refractivity contribution in [3.63, 3.8) is 0 Å². The molecule has 3 aromatic rings. The molecule has 3 rings (SSSR count). The Balaban J connectivity index is 2.09. The van der Waals surface area contributed by atoms with E-state index < -0.39 is 0 Å². The van der Waals surface area contributed by atoms with E-state index in [-0.39, 0.29) is 10.5 Å². The summed E-state index contributed by atoms with van der Waals surface area (Å²) in [7, 11) is 0. The molecule has 1 heterocycles. The van der Waals surface area contributed by atoms with Gasteiger partial charge in [0.15, 0.2) is 0 Å². The van der Waals surface area contributed by atoms with Crippen LogP contribution in [0.5, 0.6) is 0 Å². The van der Waals surface area contributed by atoms with Crippen LogP contribution in [0.25, 0.3) is 11.0 Å². The first-order chi connectivity index (χ1) is 9.54. The standard InChI is InChI=1S/C15H12Br2N2O/c1-8-2-4-10(16)7-11(8)14(17)9-3-5-12-13(6-9)19-15(20)18-12/h2-7,14H,1H3,(H2,18,19,20). The second kappa shape index (κ2) is 5.22. The molecule has 0 fully saturated rings. The molecule has 0 aliphatic carbocycles. The van der Waals surface area contributed by atoms with Gasteiger partial charge in [-0.3, -0.25) is 0 Å².